The summed E-state index contributed by atoms with van der Waals surface area (Å²) in [7, 11) is 3.65. The second kappa shape index (κ2) is 36.5. The zero-order valence-corrected chi connectivity index (χ0v) is 68.3. The number of hydrogen-bond donors (Lipinski definition) is 4. The summed E-state index contributed by atoms with van der Waals surface area (Å²) in [5.41, 5.74) is 19.9. The maximum Gasteiger partial charge on any atom is 2.00 e. The van der Waals surface area contributed by atoms with Gasteiger partial charge in [0.25, 0.3) is 0 Å². The van der Waals surface area contributed by atoms with Crippen molar-refractivity contribution in [3.8, 4) is 90.3 Å². The van der Waals surface area contributed by atoms with Crippen molar-refractivity contribution in [1.29, 1.82) is 0 Å². The summed E-state index contributed by atoms with van der Waals surface area (Å²) in [5, 5.41) is 52.9. The fourth-order valence-electron chi connectivity index (χ4n) is 14.1. The molecular weight excluding hydrogens is 1960 g/mol. The molecule has 4 aromatic heterocycles. The molecule has 4 N–H and O–H groups in total. The third kappa shape index (κ3) is 16.8. The molecule has 2 aliphatic rings. The normalized spacial score (nSPS) is 13.1. The van der Waals surface area contributed by atoms with Crippen LogP contribution in [0.15, 0.2) is 368 Å². The number of phenols is 4. The number of aliphatic imine (C=N–C) groups is 2. The first-order valence-electron chi connectivity index (χ1n) is 36.4. The molecule has 0 amide bonds. The Morgan fingerprint density at radius 3 is 0.974 bits per heavy atom. The van der Waals surface area contributed by atoms with Crippen LogP contribution < -0.4 is 4.90 Å². The molecule has 2 atom stereocenters. The zero-order chi connectivity index (χ0) is 75.6. The molecule has 18 rings (SSSR count). The fraction of sp³-hybridized carbons (Fsp3) is 0.0417. The summed E-state index contributed by atoms with van der Waals surface area (Å²) in [6.07, 6.45) is 3.10. The van der Waals surface area contributed by atoms with Gasteiger partial charge in [-0.3, -0.25) is 4.90 Å². The van der Waals surface area contributed by atoms with E-state index in [-0.39, 0.29) is 86.2 Å². The van der Waals surface area contributed by atoms with Gasteiger partial charge >= 0.3 is 33.4 Å². The number of nitrogens with zero attached hydrogens (tertiary/aromatic N) is 11. The summed E-state index contributed by atoms with van der Waals surface area (Å²) >= 11 is 0. The van der Waals surface area contributed by atoms with Crippen LogP contribution in [0, 0.1) is 0 Å². The molecule has 18 heteroatoms. The van der Waals surface area contributed by atoms with Crippen molar-refractivity contribution in [3.63, 3.8) is 0 Å². The topological polar surface area (TPSA) is 195 Å². The Balaban J connectivity index is 0.000000148. The van der Waals surface area contributed by atoms with E-state index >= 15 is 0 Å². The Hall–Kier alpha value is -12.9. The van der Waals surface area contributed by atoms with Crippen LogP contribution in [0.5, 0.6) is 23.0 Å². The Kier molecular flexibility index (Phi) is 25.4. The summed E-state index contributed by atoms with van der Waals surface area (Å²) in [6.45, 7) is 0. The molecule has 6 heterocycles. The Bertz CT molecular complexity index is 5860. The number of phenolic OH excluding ortho intramolecular Hbond substituents is 4. The van der Waals surface area contributed by atoms with Crippen LogP contribution in [-0.2, 0) is 63.2 Å². The number of rotatable bonds is 16. The number of para-hydroxylation sites is 9. The van der Waals surface area contributed by atoms with Crippen molar-refractivity contribution in [2.45, 2.75) is 12.3 Å². The van der Waals surface area contributed by atoms with E-state index in [1.165, 1.54) is 0 Å². The number of benzene rings is 12. The van der Waals surface area contributed by atoms with Gasteiger partial charge in [0.15, 0.2) is 12.4 Å². The van der Waals surface area contributed by atoms with Gasteiger partial charge in [-0.25, -0.2) is 29.9 Å². The average Bonchev–Trinajstić information content (AvgIpc) is 0.847. The minimum absolute atomic E-state index is 0. The third-order valence-corrected chi connectivity index (χ3v) is 19.4. The average molecular weight is 2030 g/mol. The van der Waals surface area contributed by atoms with E-state index in [0.717, 1.165) is 95.0 Å². The second-order valence-corrected chi connectivity index (χ2v) is 26.3. The molecule has 564 valence electrons. The van der Waals surface area contributed by atoms with E-state index in [1.807, 2.05) is 256 Å². The second-order valence-electron chi connectivity index (χ2n) is 26.3. The predicted molar refractivity (Wildman–Crippen MR) is 449 cm³/mol. The van der Waals surface area contributed by atoms with Crippen molar-refractivity contribution in [3.05, 3.63) is 380 Å². The maximum absolute atomic E-state index is 10.5. The fourth-order valence-corrected chi connectivity index (χ4v) is 14.1. The first-order chi connectivity index (χ1) is 54.6. The molecule has 0 radical (unpaired) electrons. The molecule has 0 bridgehead atoms. The molecular formula is C96H73N11O4Pt3+2. The van der Waals surface area contributed by atoms with E-state index < -0.39 is 12.3 Å². The molecule has 16 aromatic rings. The molecule has 114 heavy (non-hydrogen) atoms. The van der Waals surface area contributed by atoms with E-state index in [2.05, 4.69) is 105 Å². The summed E-state index contributed by atoms with van der Waals surface area (Å²) in [6, 6.07) is 116. The predicted octanol–water partition coefficient (Wildman–Crippen LogP) is 22.3. The zero-order valence-electron chi connectivity index (χ0n) is 61.5. The van der Waals surface area contributed by atoms with Crippen LogP contribution in [0.4, 0.5) is 40.1 Å². The number of fused-ring (bicyclic) bond motifs is 3. The van der Waals surface area contributed by atoms with E-state index in [1.54, 1.807) is 48.5 Å². The Morgan fingerprint density at radius 2 is 0.614 bits per heavy atom. The van der Waals surface area contributed by atoms with Crippen molar-refractivity contribution >= 4 is 85.7 Å². The minimum Gasteiger partial charge on any atom is -0.686 e. The number of aromatic hydroxyl groups is 4. The molecule has 2 unspecified atom stereocenters. The van der Waals surface area contributed by atoms with Crippen molar-refractivity contribution in [2.75, 3.05) is 19.0 Å². The Labute approximate surface area is 704 Å². The Morgan fingerprint density at radius 1 is 0.298 bits per heavy atom. The van der Waals surface area contributed by atoms with E-state index in [4.69, 9.17) is 29.9 Å². The molecule has 0 spiro atoms. The van der Waals surface area contributed by atoms with Gasteiger partial charge in [0.1, 0.15) is 46.1 Å². The quantitative estimate of drug-likeness (QED) is 0.0538. The van der Waals surface area contributed by atoms with Crippen LogP contribution in [-0.4, -0.2) is 99.8 Å². The van der Waals surface area contributed by atoms with Gasteiger partial charge in [0, 0.05) is 105 Å². The van der Waals surface area contributed by atoms with Crippen LogP contribution >= 0.6 is 0 Å². The van der Waals surface area contributed by atoms with Crippen LogP contribution in [0.2, 0.25) is 0 Å². The molecule has 0 fully saturated rings. The number of anilines is 3. The third-order valence-electron chi connectivity index (χ3n) is 19.4. The van der Waals surface area contributed by atoms with Gasteiger partial charge in [-0.05, 0) is 130 Å². The number of pyridine rings is 4. The molecule has 15 nitrogen and oxygen atoms in total. The maximum atomic E-state index is 10.5. The van der Waals surface area contributed by atoms with Gasteiger partial charge in [0.05, 0.1) is 33.8 Å². The summed E-state index contributed by atoms with van der Waals surface area (Å²) < 4.78 is 4.18. The number of aromatic nitrogens is 4. The van der Waals surface area contributed by atoms with E-state index in [9.17, 15) is 20.4 Å². The van der Waals surface area contributed by atoms with Gasteiger partial charge < -0.3 is 31.1 Å². The smallest absolute Gasteiger partial charge is 0.686 e. The molecule has 12 aromatic carbocycles. The van der Waals surface area contributed by atoms with Gasteiger partial charge in [-0.1, -0.05) is 237 Å². The SMILES string of the molecule is C[N-]c1ccccc1-c1cc(-c2ccccc2)c2ccc3c(-c4ccccc4)cc(-c4ccccc4[N-]C)nc3c2n1.Oc1ccccc1-c1cccc(N(c2ccccc2)c2cccc(-c3ccccc3O)n2)n1.Oc1ccccc1C1=NC(C2N=C(c3ccccc3O)C=[N+]2c2ccccc2)[N+](c2ccccc2)=C1.[Pt+2].[Pt].[Pt]. The van der Waals surface area contributed by atoms with Crippen LogP contribution in [0.3, 0.4) is 0 Å². The van der Waals surface area contributed by atoms with Gasteiger partial charge in [-0.2, -0.15) is 9.15 Å². The molecule has 0 aliphatic carbocycles. The molecule has 0 saturated heterocycles. The first kappa shape index (κ1) is 79.2. The van der Waals surface area contributed by atoms with Gasteiger partial charge in [-0.15, -0.1) is 25.5 Å². The standard InChI is InChI=1S/C38H28N4.C30H22N4O2.C28H21N3O2.3Pt/c1-39-33-19-11-9-17-29(33)35-23-31(25-13-5-3-6-14-25)27-21-22-28-32(26-15-7-4-8-16-26)24-36(42-38(28)37(27)41-35)30-18-10-12-20-34(30)40-2;35-27-17-9-7-15-23(27)25-19-33(21-11-3-1-4-12-21)29(31-25)30-32-26(24-16-8-10-18-28(24)36)20-34(30)22-13-5-2-6-14-22;32-25-16-6-4-12-21(25)23-14-8-18-27(29-23)31(20-10-2-1-3-11-20)28-19-9-15-24(30-28)22-13-5-7-17-26(22)33;;;/h3-24H,1-2H3;1-20,29-30H;1-19,32-33H;;;/q-2;;;;;+2/p+2. The molecule has 2 aliphatic heterocycles. The molecule has 0 saturated carbocycles. The van der Waals surface area contributed by atoms with Crippen LogP contribution in [0.25, 0.3) is 99.7 Å². The number of hydrogen-bond acceptors (Lipinski definition) is 11. The van der Waals surface area contributed by atoms with Crippen molar-refractivity contribution in [1.82, 2.24) is 19.9 Å². The summed E-state index contributed by atoms with van der Waals surface area (Å²) in [5.74, 6) is 2.02. The van der Waals surface area contributed by atoms with E-state index in [0.29, 0.717) is 56.7 Å². The first-order valence-corrected chi connectivity index (χ1v) is 36.4. The van der Waals surface area contributed by atoms with Crippen LogP contribution in [0.1, 0.15) is 11.1 Å². The van der Waals surface area contributed by atoms with Gasteiger partial charge in [0.2, 0.25) is 11.4 Å². The van der Waals surface area contributed by atoms with Crippen molar-refractivity contribution < 1.29 is 92.8 Å². The monoisotopic (exact) mass is 2030 g/mol. The minimum atomic E-state index is -0.415. The van der Waals surface area contributed by atoms with Crippen molar-refractivity contribution in [2.24, 2.45) is 9.98 Å². The summed E-state index contributed by atoms with van der Waals surface area (Å²) in [4.78, 5) is 32.5. The largest absolute Gasteiger partial charge is 2.00 e.